The zero-order valence-electron chi connectivity index (χ0n) is 14.0. The van der Waals surface area contributed by atoms with Gasteiger partial charge in [0, 0.05) is 43.7 Å². The minimum Gasteiger partial charge on any atom is -0.361 e. The number of fused-ring (bicyclic) bond motifs is 2. The van der Waals surface area contributed by atoms with Crippen molar-refractivity contribution in [1.29, 1.82) is 0 Å². The Morgan fingerprint density at radius 2 is 2.21 bits per heavy atom. The highest BCUT2D eigenvalue weighted by atomic mass is 16.2. The molecule has 2 fully saturated rings. The highest BCUT2D eigenvalue weighted by Gasteiger charge is 2.61. The van der Waals surface area contributed by atoms with Crippen molar-refractivity contribution in [1.82, 2.24) is 15.2 Å². The van der Waals surface area contributed by atoms with Crippen LogP contribution in [0.4, 0.5) is 0 Å². The highest BCUT2D eigenvalue weighted by Crippen LogP contribution is 2.58. The lowest BCUT2D eigenvalue weighted by Gasteiger charge is -2.30. The molecule has 24 heavy (non-hydrogen) atoms. The Bertz CT molecular complexity index is 797. The van der Waals surface area contributed by atoms with Crippen LogP contribution in [0.3, 0.4) is 0 Å². The van der Waals surface area contributed by atoms with E-state index in [2.05, 4.69) is 22.4 Å². The van der Waals surface area contributed by atoms with Gasteiger partial charge in [-0.25, -0.2) is 0 Å². The number of hydrogen-bond donors (Lipinski definition) is 2. The fraction of sp³-hybridized carbons (Fsp3) is 0.474. The zero-order chi connectivity index (χ0) is 16.7. The molecule has 1 aliphatic carbocycles. The summed E-state index contributed by atoms with van der Waals surface area (Å²) in [5.74, 6) is 0.647. The van der Waals surface area contributed by atoms with Crippen LogP contribution in [0.25, 0.3) is 10.9 Å². The van der Waals surface area contributed by atoms with Gasteiger partial charge in [0.15, 0.2) is 0 Å². The quantitative estimate of drug-likeness (QED) is 0.904. The molecule has 0 radical (unpaired) electrons. The summed E-state index contributed by atoms with van der Waals surface area (Å²) in [4.78, 5) is 29.2. The van der Waals surface area contributed by atoms with Crippen molar-refractivity contribution in [2.75, 3.05) is 19.6 Å². The number of aromatic nitrogens is 1. The Morgan fingerprint density at radius 1 is 1.38 bits per heavy atom. The van der Waals surface area contributed by atoms with E-state index in [1.54, 1.807) is 6.92 Å². The van der Waals surface area contributed by atoms with Crippen LogP contribution in [-0.4, -0.2) is 41.3 Å². The van der Waals surface area contributed by atoms with Gasteiger partial charge in [0.1, 0.15) is 0 Å². The highest BCUT2D eigenvalue weighted by molar-refractivity contribution is 5.87. The van der Waals surface area contributed by atoms with Gasteiger partial charge in [-0.05, 0) is 36.8 Å². The van der Waals surface area contributed by atoms with Crippen LogP contribution in [-0.2, 0) is 16.0 Å². The standard InChI is InChI=1S/C19H23N3O2/c1-13(23)22-9-7-19(10-15(19)12-22)18(24)20-8-6-14-11-21-17-5-3-2-4-16(14)17/h2-5,11,15,21H,6-10,12H2,1H3,(H,20,24)/t15-,19+/m1/s1. The molecule has 2 amide bonds. The second kappa shape index (κ2) is 5.65. The van der Waals surface area contributed by atoms with Crippen LogP contribution >= 0.6 is 0 Å². The first-order chi connectivity index (χ1) is 11.6. The summed E-state index contributed by atoms with van der Waals surface area (Å²) >= 11 is 0. The van der Waals surface area contributed by atoms with Gasteiger partial charge in [0.25, 0.3) is 0 Å². The molecule has 1 aromatic heterocycles. The van der Waals surface area contributed by atoms with Gasteiger partial charge in [-0.1, -0.05) is 18.2 Å². The normalized spacial score (nSPS) is 25.4. The van der Waals surface area contributed by atoms with Crippen LogP contribution < -0.4 is 5.32 Å². The number of aromatic amines is 1. The molecule has 5 nitrogen and oxygen atoms in total. The smallest absolute Gasteiger partial charge is 0.226 e. The molecule has 1 aromatic carbocycles. The lowest BCUT2D eigenvalue weighted by Crippen LogP contribution is -2.44. The molecule has 5 heteroatoms. The average Bonchev–Trinajstić information content (AvgIpc) is 3.20. The van der Waals surface area contributed by atoms with E-state index in [-0.39, 0.29) is 17.2 Å². The summed E-state index contributed by atoms with van der Waals surface area (Å²) < 4.78 is 0. The number of nitrogens with zero attached hydrogens (tertiary/aromatic N) is 1. The number of likely N-dealkylation sites (tertiary alicyclic amines) is 1. The first-order valence-corrected chi connectivity index (χ1v) is 8.69. The summed E-state index contributed by atoms with van der Waals surface area (Å²) in [7, 11) is 0. The number of rotatable bonds is 4. The molecule has 4 rings (SSSR count). The number of amides is 2. The third-order valence-electron chi connectivity index (χ3n) is 5.75. The maximum Gasteiger partial charge on any atom is 0.226 e. The topological polar surface area (TPSA) is 65.2 Å². The summed E-state index contributed by atoms with van der Waals surface area (Å²) in [5.41, 5.74) is 2.17. The molecule has 0 spiro atoms. The first-order valence-electron chi connectivity index (χ1n) is 8.69. The molecule has 1 saturated carbocycles. The SMILES string of the molecule is CC(=O)N1CC[C@]2(C(=O)NCCc3c[nH]c4ccccc34)C[C@@H]2C1. The third kappa shape index (κ3) is 2.48. The van der Waals surface area contributed by atoms with E-state index < -0.39 is 0 Å². The molecule has 2 heterocycles. The Balaban J connectivity index is 1.33. The fourth-order valence-electron chi connectivity index (χ4n) is 4.12. The first kappa shape index (κ1) is 15.2. The van der Waals surface area contributed by atoms with Crippen LogP contribution in [0, 0.1) is 11.3 Å². The Kier molecular flexibility index (Phi) is 3.59. The Hall–Kier alpha value is -2.30. The van der Waals surface area contributed by atoms with E-state index >= 15 is 0 Å². The molecular formula is C19H23N3O2. The van der Waals surface area contributed by atoms with Crippen LogP contribution in [0.1, 0.15) is 25.3 Å². The van der Waals surface area contributed by atoms with Crippen molar-refractivity contribution in [2.45, 2.75) is 26.2 Å². The number of para-hydroxylation sites is 1. The number of nitrogens with one attached hydrogen (secondary N) is 2. The predicted molar refractivity (Wildman–Crippen MR) is 92.4 cm³/mol. The zero-order valence-corrected chi connectivity index (χ0v) is 14.0. The molecule has 1 aliphatic heterocycles. The van der Waals surface area contributed by atoms with Gasteiger partial charge in [-0.3, -0.25) is 9.59 Å². The van der Waals surface area contributed by atoms with E-state index in [0.717, 1.165) is 31.3 Å². The monoisotopic (exact) mass is 325 g/mol. The van der Waals surface area contributed by atoms with Crippen molar-refractivity contribution in [3.63, 3.8) is 0 Å². The molecular weight excluding hydrogens is 302 g/mol. The molecule has 2 N–H and O–H groups in total. The predicted octanol–water partition coefficient (Wildman–Crippen LogP) is 2.09. The van der Waals surface area contributed by atoms with E-state index in [1.807, 2.05) is 23.2 Å². The minimum absolute atomic E-state index is 0.121. The van der Waals surface area contributed by atoms with Crippen molar-refractivity contribution in [3.8, 4) is 0 Å². The number of benzene rings is 1. The fourth-order valence-corrected chi connectivity index (χ4v) is 4.12. The van der Waals surface area contributed by atoms with Gasteiger partial charge >= 0.3 is 0 Å². The number of hydrogen-bond acceptors (Lipinski definition) is 2. The van der Waals surface area contributed by atoms with Gasteiger partial charge in [-0.2, -0.15) is 0 Å². The number of piperidine rings is 1. The molecule has 126 valence electrons. The molecule has 2 aromatic rings. The van der Waals surface area contributed by atoms with Crippen molar-refractivity contribution in [3.05, 3.63) is 36.0 Å². The number of carbonyl (C=O) groups is 2. The van der Waals surface area contributed by atoms with Crippen LogP contribution in [0.2, 0.25) is 0 Å². The molecule has 0 unspecified atom stereocenters. The average molecular weight is 325 g/mol. The molecule has 0 bridgehead atoms. The van der Waals surface area contributed by atoms with Gasteiger partial charge in [0.05, 0.1) is 5.41 Å². The number of carbonyl (C=O) groups excluding carboxylic acids is 2. The lowest BCUT2D eigenvalue weighted by molar-refractivity contribution is -0.134. The second-order valence-corrected chi connectivity index (χ2v) is 7.14. The molecule has 2 atom stereocenters. The Morgan fingerprint density at radius 3 is 3.00 bits per heavy atom. The van der Waals surface area contributed by atoms with Gasteiger partial charge < -0.3 is 15.2 Å². The van der Waals surface area contributed by atoms with Crippen LogP contribution in [0.15, 0.2) is 30.5 Å². The van der Waals surface area contributed by atoms with Crippen molar-refractivity contribution >= 4 is 22.7 Å². The van der Waals surface area contributed by atoms with Gasteiger partial charge in [0.2, 0.25) is 11.8 Å². The van der Waals surface area contributed by atoms with E-state index in [4.69, 9.17) is 0 Å². The Labute approximate surface area is 141 Å². The van der Waals surface area contributed by atoms with E-state index in [0.29, 0.717) is 19.0 Å². The van der Waals surface area contributed by atoms with Gasteiger partial charge in [-0.15, -0.1) is 0 Å². The summed E-state index contributed by atoms with van der Waals surface area (Å²) in [6.07, 6.45) is 4.59. The van der Waals surface area contributed by atoms with Crippen molar-refractivity contribution < 1.29 is 9.59 Å². The maximum absolute atomic E-state index is 12.6. The van der Waals surface area contributed by atoms with E-state index in [1.165, 1.54) is 10.9 Å². The van der Waals surface area contributed by atoms with E-state index in [9.17, 15) is 9.59 Å². The summed E-state index contributed by atoms with van der Waals surface area (Å²) in [6, 6.07) is 8.23. The van der Waals surface area contributed by atoms with Crippen molar-refractivity contribution in [2.24, 2.45) is 11.3 Å². The number of H-pyrrole nitrogens is 1. The maximum atomic E-state index is 12.6. The molecule has 2 aliphatic rings. The van der Waals surface area contributed by atoms with Crippen LogP contribution in [0.5, 0.6) is 0 Å². The lowest BCUT2D eigenvalue weighted by atomic mass is 9.94. The second-order valence-electron chi connectivity index (χ2n) is 7.14. The third-order valence-corrected chi connectivity index (χ3v) is 5.75. The summed E-state index contributed by atoms with van der Waals surface area (Å²) in [5, 5.41) is 4.35. The minimum atomic E-state index is -0.202. The largest absolute Gasteiger partial charge is 0.361 e. The summed E-state index contributed by atoms with van der Waals surface area (Å²) in [6.45, 7) is 3.72. The molecule has 1 saturated heterocycles.